The molecular weight excluding hydrogens is 769 g/mol. The predicted molar refractivity (Wildman–Crippen MR) is 265 cm³/mol. The number of ether oxygens (including phenoxy) is 3. The van der Waals surface area contributed by atoms with Gasteiger partial charge in [-0.15, -0.1) is 0 Å². The Kier molecular flexibility index (Phi) is 46.6. The number of hydrogen-bond acceptors (Lipinski definition) is 6. The molecule has 0 aliphatic heterocycles. The second-order valence-electron chi connectivity index (χ2n) is 16.0. The maximum atomic E-state index is 12.7. The van der Waals surface area contributed by atoms with Crippen molar-refractivity contribution >= 4 is 17.9 Å². The van der Waals surface area contributed by atoms with Crippen LogP contribution in [0.5, 0.6) is 0 Å². The lowest BCUT2D eigenvalue weighted by Gasteiger charge is -2.18. The molecule has 0 bridgehead atoms. The number of carbonyl (C=O) groups excluding carboxylic acids is 3. The molecule has 6 nitrogen and oxygen atoms in total. The van der Waals surface area contributed by atoms with E-state index in [1.165, 1.54) is 64.2 Å². The van der Waals surface area contributed by atoms with Crippen LogP contribution in [-0.2, 0) is 28.6 Å². The first kappa shape index (κ1) is 58.1. The molecule has 62 heavy (non-hydrogen) atoms. The average molecular weight is 859 g/mol. The lowest BCUT2D eigenvalue weighted by atomic mass is 10.1. The Bertz CT molecular complexity index is 1310. The molecule has 0 radical (unpaired) electrons. The summed E-state index contributed by atoms with van der Waals surface area (Å²) in [5.74, 6) is -1.07. The van der Waals surface area contributed by atoms with Crippen molar-refractivity contribution in [3.8, 4) is 0 Å². The summed E-state index contributed by atoms with van der Waals surface area (Å²) in [5, 5.41) is 0. The molecule has 6 heteroatoms. The van der Waals surface area contributed by atoms with Gasteiger partial charge in [0.2, 0.25) is 0 Å². The zero-order valence-corrected chi connectivity index (χ0v) is 39.8. The highest BCUT2D eigenvalue weighted by Gasteiger charge is 2.19. The van der Waals surface area contributed by atoms with E-state index in [9.17, 15) is 14.4 Å². The van der Waals surface area contributed by atoms with Crippen LogP contribution in [0.2, 0.25) is 0 Å². The zero-order valence-electron chi connectivity index (χ0n) is 39.8. The number of esters is 3. The van der Waals surface area contributed by atoms with Gasteiger partial charge >= 0.3 is 17.9 Å². The molecule has 350 valence electrons. The quantitative estimate of drug-likeness (QED) is 0.0263. The molecule has 0 spiro atoms. The molecule has 1 atom stereocenters. The van der Waals surface area contributed by atoms with Crippen molar-refractivity contribution in [2.45, 2.75) is 213 Å². The van der Waals surface area contributed by atoms with Crippen LogP contribution in [0.4, 0.5) is 0 Å². The van der Waals surface area contributed by atoms with Crippen molar-refractivity contribution in [1.82, 2.24) is 0 Å². The molecule has 0 aliphatic carbocycles. The van der Waals surface area contributed by atoms with Crippen molar-refractivity contribution in [2.75, 3.05) is 13.2 Å². The normalized spacial score (nSPS) is 13.0. The fourth-order valence-electron chi connectivity index (χ4n) is 6.39. The van der Waals surface area contributed by atoms with Crippen LogP contribution in [0.1, 0.15) is 207 Å². The summed E-state index contributed by atoms with van der Waals surface area (Å²) < 4.78 is 16.6. The average Bonchev–Trinajstić information content (AvgIpc) is 3.27. The van der Waals surface area contributed by atoms with Crippen molar-refractivity contribution < 1.29 is 28.6 Å². The molecule has 0 aromatic carbocycles. The Morgan fingerprint density at radius 2 is 0.677 bits per heavy atom. The maximum absolute atomic E-state index is 12.7. The summed E-state index contributed by atoms with van der Waals surface area (Å²) in [6.45, 7) is 6.27. The van der Waals surface area contributed by atoms with E-state index in [0.717, 1.165) is 103 Å². The molecule has 0 aromatic rings. The highest BCUT2D eigenvalue weighted by molar-refractivity contribution is 5.72. The van der Waals surface area contributed by atoms with Gasteiger partial charge in [0, 0.05) is 12.8 Å². The van der Waals surface area contributed by atoms with Gasteiger partial charge in [-0.2, -0.15) is 0 Å². The van der Waals surface area contributed by atoms with E-state index < -0.39 is 12.1 Å². The summed E-state index contributed by atoms with van der Waals surface area (Å²) in [7, 11) is 0. The number of allylic oxidation sites excluding steroid dienone is 17. The molecule has 0 aromatic heterocycles. The number of hydrogen-bond donors (Lipinski definition) is 0. The molecule has 0 fully saturated rings. The fraction of sp³-hybridized carbons (Fsp3) is 0.625. The summed E-state index contributed by atoms with van der Waals surface area (Å²) in [6, 6.07) is 0. The van der Waals surface area contributed by atoms with Crippen LogP contribution in [0.3, 0.4) is 0 Å². The fourth-order valence-corrected chi connectivity index (χ4v) is 6.39. The summed E-state index contributed by atoms with van der Waals surface area (Å²) in [6.07, 6.45) is 66.8. The lowest BCUT2D eigenvalue weighted by molar-refractivity contribution is -0.166. The van der Waals surface area contributed by atoms with Gasteiger partial charge < -0.3 is 14.2 Å². The molecule has 0 aliphatic rings. The third-order valence-corrected chi connectivity index (χ3v) is 10.1. The third kappa shape index (κ3) is 47.1. The Morgan fingerprint density at radius 1 is 0.355 bits per heavy atom. The van der Waals surface area contributed by atoms with Gasteiger partial charge in [0.15, 0.2) is 6.10 Å². The number of unbranched alkanes of at least 4 members (excludes halogenated alkanes) is 15. The van der Waals surface area contributed by atoms with E-state index in [1.54, 1.807) is 6.08 Å². The molecular formula is C56H90O6. The number of rotatable bonds is 43. The van der Waals surface area contributed by atoms with Crippen molar-refractivity contribution in [3.63, 3.8) is 0 Å². The van der Waals surface area contributed by atoms with Gasteiger partial charge in [-0.3, -0.25) is 14.4 Å². The van der Waals surface area contributed by atoms with Gasteiger partial charge in [-0.25, -0.2) is 0 Å². The van der Waals surface area contributed by atoms with Gasteiger partial charge in [-0.05, 0) is 83.5 Å². The SMILES string of the molecule is CC/C=C\C/C=C\C/C=C\C/C=C\C/C=C\CC(=O)OC(COC(=O)CCCCCCCCCC)COC(=O)CCCCCCCCCC/C=C\C/C=C\C/C=C\C/C=C\CC. The minimum atomic E-state index is -0.834. The molecule has 0 saturated carbocycles. The molecule has 0 N–H and O–H groups in total. The third-order valence-electron chi connectivity index (χ3n) is 10.1. The molecule has 0 saturated heterocycles. The van der Waals surface area contributed by atoms with E-state index in [1.807, 2.05) is 6.08 Å². The second-order valence-corrected chi connectivity index (χ2v) is 16.0. The van der Waals surface area contributed by atoms with E-state index >= 15 is 0 Å². The second kappa shape index (κ2) is 49.7. The van der Waals surface area contributed by atoms with E-state index in [2.05, 4.69) is 118 Å². The van der Waals surface area contributed by atoms with Gasteiger partial charge in [0.1, 0.15) is 13.2 Å². The lowest BCUT2D eigenvalue weighted by Crippen LogP contribution is -2.30. The summed E-state index contributed by atoms with van der Waals surface area (Å²) in [4.78, 5) is 37.7. The van der Waals surface area contributed by atoms with Crippen molar-refractivity contribution in [1.29, 1.82) is 0 Å². The van der Waals surface area contributed by atoms with Crippen LogP contribution in [-0.4, -0.2) is 37.2 Å². The number of carbonyl (C=O) groups is 3. The first-order valence-corrected chi connectivity index (χ1v) is 24.9. The minimum absolute atomic E-state index is 0.0927. The largest absolute Gasteiger partial charge is 0.462 e. The molecule has 1 unspecified atom stereocenters. The molecule has 0 heterocycles. The van der Waals surface area contributed by atoms with Crippen molar-refractivity contribution in [2.24, 2.45) is 0 Å². The molecule has 0 rings (SSSR count). The summed E-state index contributed by atoms with van der Waals surface area (Å²) >= 11 is 0. The monoisotopic (exact) mass is 859 g/mol. The topological polar surface area (TPSA) is 78.9 Å². The van der Waals surface area contributed by atoms with E-state index in [4.69, 9.17) is 14.2 Å². The zero-order chi connectivity index (χ0) is 45.1. The predicted octanol–water partition coefficient (Wildman–Crippen LogP) is 16.4. The van der Waals surface area contributed by atoms with Crippen LogP contribution in [0.15, 0.2) is 109 Å². The van der Waals surface area contributed by atoms with Gasteiger partial charge in [0.05, 0.1) is 6.42 Å². The van der Waals surface area contributed by atoms with Crippen LogP contribution < -0.4 is 0 Å². The summed E-state index contributed by atoms with van der Waals surface area (Å²) in [5.41, 5.74) is 0. The first-order valence-electron chi connectivity index (χ1n) is 24.9. The van der Waals surface area contributed by atoms with E-state index in [0.29, 0.717) is 12.8 Å². The Balaban J connectivity index is 4.41. The van der Waals surface area contributed by atoms with Gasteiger partial charge in [-0.1, -0.05) is 214 Å². The van der Waals surface area contributed by atoms with Crippen LogP contribution in [0, 0.1) is 0 Å². The minimum Gasteiger partial charge on any atom is -0.462 e. The van der Waals surface area contributed by atoms with Crippen molar-refractivity contribution in [3.05, 3.63) is 109 Å². The Hall–Kier alpha value is -3.93. The van der Waals surface area contributed by atoms with Crippen LogP contribution >= 0.6 is 0 Å². The molecule has 0 amide bonds. The Morgan fingerprint density at radius 3 is 1.06 bits per heavy atom. The smallest absolute Gasteiger partial charge is 0.310 e. The Labute approximate surface area is 380 Å². The van der Waals surface area contributed by atoms with E-state index in [-0.39, 0.29) is 31.6 Å². The van der Waals surface area contributed by atoms with Crippen LogP contribution in [0.25, 0.3) is 0 Å². The maximum Gasteiger partial charge on any atom is 0.310 e. The highest BCUT2D eigenvalue weighted by Crippen LogP contribution is 2.13. The first-order chi connectivity index (χ1) is 30.5. The van der Waals surface area contributed by atoms with Gasteiger partial charge in [0.25, 0.3) is 0 Å². The highest BCUT2D eigenvalue weighted by atomic mass is 16.6. The standard InChI is InChI=1S/C56H90O6/c1-4-7-10-13-16-19-21-23-25-26-27-28-29-30-32-33-35-37-40-43-46-49-55(58)61-52-53(51-60-54(57)48-45-42-39-18-15-12-9-6-3)62-56(59)50-47-44-41-38-36-34-31-24-22-20-17-14-11-8-5-2/h7-8,10-11,16-17,19-20,23-25,27-28,31,36,38,44,47,53H,4-6,9,12-15,18,21-22,26,29-30,32-35,37,39-43,45-46,48-52H2,1-3H3/b10-7-,11-8-,19-16-,20-17-,25-23-,28-27-,31-24-,38-36-,47-44-.